The molecule has 0 saturated carbocycles. The number of H-pyrrole nitrogens is 1. The maximum Gasteiger partial charge on any atom is 0.251 e. The number of nitrogen functional groups attached to an aromatic ring is 1. The third kappa shape index (κ3) is 3.01. The number of phenolic OH excluding ortho intramolecular Hbond substituents is 1. The van der Waals surface area contributed by atoms with E-state index in [1.54, 1.807) is 18.2 Å². The van der Waals surface area contributed by atoms with Crippen molar-refractivity contribution in [3.05, 3.63) is 46.4 Å². The second-order valence-corrected chi connectivity index (χ2v) is 4.38. The maximum atomic E-state index is 11.0. The third-order valence-corrected chi connectivity index (χ3v) is 3.05. The average molecular weight is 249 g/mol. The van der Waals surface area contributed by atoms with Crippen LogP contribution in [0.1, 0.15) is 5.56 Å². The first-order valence-corrected chi connectivity index (χ1v) is 5.89. The van der Waals surface area contributed by atoms with E-state index in [1.807, 2.05) is 0 Å². The molecule has 0 unspecified atom stereocenters. The van der Waals surface area contributed by atoms with E-state index in [2.05, 4.69) is 9.97 Å². The number of aromatic nitrogens is 2. The van der Waals surface area contributed by atoms with Gasteiger partial charge in [0, 0.05) is 29.3 Å². The highest BCUT2D eigenvalue weighted by Gasteiger charge is 2.04. The summed E-state index contributed by atoms with van der Waals surface area (Å²) in [6, 6.07) is 6.23. The second kappa shape index (κ2) is 4.92. The van der Waals surface area contributed by atoms with Crippen LogP contribution in [0, 0.1) is 0 Å². The molecular weight excluding hydrogens is 238 g/mol. The van der Waals surface area contributed by atoms with Crippen molar-refractivity contribution in [1.29, 1.82) is 0 Å². The molecule has 0 saturated heterocycles. The van der Waals surface area contributed by atoms with E-state index in [0.29, 0.717) is 22.2 Å². The van der Waals surface area contributed by atoms with Crippen LogP contribution in [0.15, 0.2) is 40.4 Å². The Kier molecular flexibility index (Phi) is 3.34. The Morgan fingerprint density at radius 2 is 2.24 bits per heavy atom. The van der Waals surface area contributed by atoms with Crippen molar-refractivity contribution >= 4 is 17.4 Å². The summed E-state index contributed by atoms with van der Waals surface area (Å²) < 4.78 is 0. The van der Waals surface area contributed by atoms with Gasteiger partial charge >= 0.3 is 0 Å². The first-order chi connectivity index (χ1) is 8.15. The molecule has 0 aliphatic rings. The minimum atomic E-state index is -0.195. The standard InChI is InChI=1S/C11H11N3O2S/c12-8-1-2-9(15)7(5-8)6-17-11-13-4-3-10(16)14-11/h1-5,15H,6,12H2,(H,13,14,16). The predicted molar refractivity (Wildman–Crippen MR) is 66.9 cm³/mol. The largest absolute Gasteiger partial charge is 0.508 e. The first kappa shape index (κ1) is 11.5. The molecule has 2 aromatic rings. The van der Waals surface area contributed by atoms with Crippen molar-refractivity contribution in [3.63, 3.8) is 0 Å². The van der Waals surface area contributed by atoms with Crippen LogP contribution in [0.25, 0.3) is 0 Å². The number of aromatic hydroxyl groups is 1. The lowest BCUT2D eigenvalue weighted by Gasteiger charge is -2.04. The minimum absolute atomic E-state index is 0.185. The molecule has 6 heteroatoms. The highest BCUT2D eigenvalue weighted by molar-refractivity contribution is 7.98. The Bertz CT molecular complexity index is 583. The molecule has 0 fully saturated rings. The van der Waals surface area contributed by atoms with Gasteiger partial charge in [-0.25, -0.2) is 4.98 Å². The lowest BCUT2D eigenvalue weighted by molar-refractivity contribution is 0.471. The van der Waals surface area contributed by atoms with Gasteiger partial charge in [-0.05, 0) is 18.2 Å². The van der Waals surface area contributed by atoms with E-state index in [0.717, 1.165) is 0 Å². The van der Waals surface area contributed by atoms with E-state index < -0.39 is 0 Å². The van der Waals surface area contributed by atoms with Crippen LogP contribution in [-0.2, 0) is 5.75 Å². The number of hydrogen-bond donors (Lipinski definition) is 3. The number of phenols is 1. The lowest BCUT2D eigenvalue weighted by Crippen LogP contribution is -2.05. The van der Waals surface area contributed by atoms with Gasteiger partial charge in [0.05, 0.1) is 0 Å². The maximum absolute atomic E-state index is 11.0. The van der Waals surface area contributed by atoms with Crippen molar-refractivity contribution in [2.45, 2.75) is 10.9 Å². The monoisotopic (exact) mass is 249 g/mol. The van der Waals surface area contributed by atoms with E-state index >= 15 is 0 Å². The molecule has 2 rings (SSSR count). The van der Waals surface area contributed by atoms with E-state index in [1.165, 1.54) is 24.0 Å². The number of aromatic amines is 1. The van der Waals surface area contributed by atoms with Gasteiger partial charge in [0.25, 0.3) is 5.56 Å². The summed E-state index contributed by atoms with van der Waals surface area (Å²) in [6.45, 7) is 0. The number of nitrogens with one attached hydrogen (secondary N) is 1. The summed E-state index contributed by atoms with van der Waals surface area (Å²) in [6.07, 6.45) is 1.44. The molecule has 1 aromatic carbocycles. The molecule has 0 spiro atoms. The highest BCUT2D eigenvalue weighted by atomic mass is 32.2. The Labute approximate surface area is 102 Å². The zero-order chi connectivity index (χ0) is 12.3. The van der Waals surface area contributed by atoms with Crippen molar-refractivity contribution in [3.8, 4) is 5.75 Å². The fraction of sp³-hybridized carbons (Fsp3) is 0.0909. The molecule has 0 aliphatic carbocycles. The van der Waals surface area contributed by atoms with Gasteiger partial charge in [-0.3, -0.25) is 4.79 Å². The SMILES string of the molecule is Nc1ccc(O)c(CSc2nccc(=O)[nH]2)c1. The summed E-state index contributed by atoms with van der Waals surface area (Å²) in [4.78, 5) is 17.6. The zero-order valence-corrected chi connectivity index (χ0v) is 9.70. The van der Waals surface area contributed by atoms with Crippen LogP contribution in [0.4, 0.5) is 5.69 Å². The lowest BCUT2D eigenvalue weighted by atomic mass is 10.2. The number of benzene rings is 1. The average Bonchev–Trinajstić information content (AvgIpc) is 2.30. The van der Waals surface area contributed by atoms with E-state index in [9.17, 15) is 9.90 Å². The van der Waals surface area contributed by atoms with Gasteiger partial charge in [-0.2, -0.15) is 0 Å². The van der Waals surface area contributed by atoms with Crippen LogP contribution < -0.4 is 11.3 Å². The zero-order valence-electron chi connectivity index (χ0n) is 8.88. The Morgan fingerprint density at radius 3 is 3.00 bits per heavy atom. The van der Waals surface area contributed by atoms with Crippen LogP contribution in [0.5, 0.6) is 5.75 Å². The second-order valence-electron chi connectivity index (χ2n) is 3.42. The molecule has 5 nitrogen and oxygen atoms in total. The molecule has 0 aliphatic heterocycles. The molecule has 0 atom stereocenters. The number of anilines is 1. The normalized spacial score (nSPS) is 10.4. The summed E-state index contributed by atoms with van der Waals surface area (Å²) in [5, 5.41) is 10.1. The fourth-order valence-electron chi connectivity index (χ4n) is 1.29. The van der Waals surface area contributed by atoms with Gasteiger partial charge in [0.2, 0.25) is 0 Å². The van der Waals surface area contributed by atoms with E-state index in [-0.39, 0.29) is 11.3 Å². The molecule has 0 radical (unpaired) electrons. The number of nitrogens with zero attached hydrogens (tertiary/aromatic N) is 1. The molecule has 1 aromatic heterocycles. The van der Waals surface area contributed by atoms with Crippen LogP contribution >= 0.6 is 11.8 Å². The van der Waals surface area contributed by atoms with Gasteiger partial charge in [-0.1, -0.05) is 11.8 Å². The van der Waals surface area contributed by atoms with Crippen molar-refractivity contribution in [2.75, 3.05) is 5.73 Å². The number of thioether (sulfide) groups is 1. The topological polar surface area (TPSA) is 92.0 Å². The van der Waals surface area contributed by atoms with Crippen molar-refractivity contribution in [1.82, 2.24) is 9.97 Å². The fourth-order valence-corrected chi connectivity index (χ4v) is 2.12. The molecule has 1 heterocycles. The summed E-state index contributed by atoms with van der Waals surface area (Å²) in [7, 11) is 0. The third-order valence-electron chi connectivity index (χ3n) is 2.12. The minimum Gasteiger partial charge on any atom is -0.508 e. The van der Waals surface area contributed by atoms with Gasteiger partial charge in [-0.15, -0.1) is 0 Å². The quantitative estimate of drug-likeness (QED) is 0.330. The van der Waals surface area contributed by atoms with Gasteiger partial charge in [0.1, 0.15) is 5.75 Å². The summed E-state index contributed by atoms with van der Waals surface area (Å²) >= 11 is 1.33. The number of rotatable bonds is 3. The molecule has 88 valence electrons. The summed E-state index contributed by atoms with van der Waals surface area (Å²) in [5.41, 5.74) is 6.73. The smallest absolute Gasteiger partial charge is 0.251 e. The van der Waals surface area contributed by atoms with Gasteiger partial charge < -0.3 is 15.8 Å². The molecule has 0 bridgehead atoms. The summed E-state index contributed by atoms with van der Waals surface area (Å²) in [5.74, 6) is 0.675. The van der Waals surface area contributed by atoms with Gasteiger partial charge in [0.15, 0.2) is 5.16 Å². The molecule has 4 N–H and O–H groups in total. The number of nitrogens with two attached hydrogens (primary N) is 1. The van der Waals surface area contributed by atoms with Crippen molar-refractivity contribution in [2.24, 2.45) is 0 Å². The highest BCUT2D eigenvalue weighted by Crippen LogP contribution is 2.26. The predicted octanol–water partition coefficient (Wildman–Crippen LogP) is 1.35. The van der Waals surface area contributed by atoms with Crippen LogP contribution in [0.3, 0.4) is 0 Å². The van der Waals surface area contributed by atoms with E-state index in [4.69, 9.17) is 5.73 Å². The first-order valence-electron chi connectivity index (χ1n) is 4.90. The Morgan fingerprint density at radius 1 is 1.41 bits per heavy atom. The Hall–Kier alpha value is -1.95. The molecule has 0 amide bonds. The van der Waals surface area contributed by atoms with Crippen LogP contribution in [0.2, 0.25) is 0 Å². The van der Waals surface area contributed by atoms with Crippen molar-refractivity contribution < 1.29 is 5.11 Å². The Balaban J connectivity index is 2.12. The molecular formula is C11H11N3O2S. The number of hydrogen-bond acceptors (Lipinski definition) is 5. The van der Waals surface area contributed by atoms with Crippen LogP contribution in [-0.4, -0.2) is 15.1 Å². The molecule has 17 heavy (non-hydrogen) atoms.